The molecular weight excluding hydrogens is 350 g/mol. The second kappa shape index (κ2) is 6.29. The average Bonchev–Trinajstić information content (AvgIpc) is 2.73. The molecule has 0 bridgehead atoms. The fourth-order valence-corrected chi connectivity index (χ4v) is 4.91. The van der Waals surface area contributed by atoms with Crippen molar-refractivity contribution >= 4 is 32.5 Å². The molecule has 1 aromatic carbocycles. The topological polar surface area (TPSA) is 84.2 Å². The molecule has 0 saturated carbocycles. The molecule has 2 aromatic rings. The van der Waals surface area contributed by atoms with E-state index in [0.29, 0.717) is 24.5 Å². The molecule has 0 unspecified atom stereocenters. The van der Waals surface area contributed by atoms with Gasteiger partial charge in [-0.25, -0.2) is 13.4 Å². The van der Waals surface area contributed by atoms with E-state index in [4.69, 9.17) is 16.0 Å². The maximum absolute atomic E-state index is 13.2. The van der Waals surface area contributed by atoms with Gasteiger partial charge in [-0.3, -0.25) is 0 Å². The number of hydrogen-bond acceptors (Lipinski definition) is 6. The van der Waals surface area contributed by atoms with Crippen molar-refractivity contribution in [2.24, 2.45) is 0 Å². The van der Waals surface area contributed by atoms with Gasteiger partial charge in [-0.2, -0.15) is 0 Å². The van der Waals surface area contributed by atoms with E-state index in [2.05, 4.69) is 15.6 Å². The molecule has 0 atom stereocenters. The Morgan fingerprint density at radius 2 is 1.83 bits per heavy atom. The highest BCUT2D eigenvalue weighted by molar-refractivity contribution is 7.92. The van der Waals surface area contributed by atoms with Crippen molar-refractivity contribution in [2.75, 3.05) is 26.2 Å². The van der Waals surface area contributed by atoms with Crippen LogP contribution >= 0.6 is 11.6 Å². The van der Waals surface area contributed by atoms with Crippen molar-refractivity contribution in [3.63, 3.8) is 0 Å². The van der Waals surface area contributed by atoms with Crippen molar-refractivity contribution in [3.8, 4) is 0 Å². The van der Waals surface area contributed by atoms with Crippen molar-refractivity contribution in [1.29, 1.82) is 0 Å². The summed E-state index contributed by atoms with van der Waals surface area (Å²) in [6.45, 7) is 8.12. The van der Waals surface area contributed by atoms with Crippen LogP contribution < -0.4 is 10.6 Å². The molecule has 2 heterocycles. The molecule has 2 N–H and O–H groups in total. The Bertz CT molecular complexity index is 847. The Morgan fingerprint density at radius 3 is 2.42 bits per heavy atom. The van der Waals surface area contributed by atoms with E-state index in [0.717, 1.165) is 13.1 Å². The lowest BCUT2D eigenvalue weighted by Gasteiger charge is -2.16. The van der Waals surface area contributed by atoms with Gasteiger partial charge in [-0.1, -0.05) is 32.4 Å². The van der Waals surface area contributed by atoms with Crippen molar-refractivity contribution in [1.82, 2.24) is 15.6 Å². The van der Waals surface area contributed by atoms with E-state index in [1.165, 1.54) is 0 Å². The molecule has 0 aliphatic carbocycles. The van der Waals surface area contributed by atoms with Gasteiger partial charge < -0.3 is 15.1 Å². The summed E-state index contributed by atoms with van der Waals surface area (Å²) in [5, 5.41) is 5.84. The van der Waals surface area contributed by atoms with Gasteiger partial charge in [0.05, 0.1) is 10.3 Å². The first kappa shape index (κ1) is 17.7. The van der Waals surface area contributed by atoms with Crippen LogP contribution in [-0.2, 0) is 15.3 Å². The summed E-state index contributed by atoms with van der Waals surface area (Å²) in [5.41, 5.74) is 0.437. The van der Waals surface area contributed by atoms with Crippen LogP contribution in [0.4, 0.5) is 0 Å². The van der Waals surface area contributed by atoms with Gasteiger partial charge in [0.2, 0.25) is 5.89 Å². The minimum Gasteiger partial charge on any atom is -0.439 e. The summed E-state index contributed by atoms with van der Waals surface area (Å²) in [4.78, 5) is 4.48. The first-order chi connectivity index (χ1) is 11.2. The minimum atomic E-state index is -3.67. The molecule has 6 nitrogen and oxygen atoms in total. The molecule has 8 heteroatoms. The lowest BCUT2D eigenvalue weighted by molar-refractivity contribution is 0.408. The molecule has 0 spiro atoms. The number of oxazole rings is 1. The molecule has 24 heavy (non-hydrogen) atoms. The fraction of sp³-hybridized carbons (Fsp3) is 0.562. The molecule has 1 fully saturated rings. The summed E-state index contributed by atoms with van der Waals surface area (Å²) in [7, 11) is -3.67. The molecule has 3 rings (SSSR count). The number of fused-ring (bicyclic) bond motifs is 1. The fourth-order valence-electron chi connectivity index (χ4n) is 2.69. The highest BCUT2D eigenvalue weighted by Crippen LogP contribution is 2.35. The van der Waals surface area contributed by atoms with Gasteiger partial charge in [0.1, 0.15) is 10.4 Å². The average molecular weight is 372 g/mol. The Kier molecular flexibility index (Phi) is 4.63. The lowest BCUT2D eigenvalue weighted by Crippen LogP contribution is -2.36. The number of halogens is 1. The van der Waals surface area contributed by atoms with Crippen LogP contribution in [-0.4, -0.2) is 44.8 Å². The Labute approximate surface area is 146 Å². The van der Waals surface area contributed by atoms with Gasteiger partial charge in [0.25, 0.3) is 0 Å². The van der Waals surface area contributed by atoms with E-state index >= 15 is 0 Å². The SMILES string of the molecule is CC(C)(C)c1nc2ccc(Cl)c(S(=O)(=O)C3CNCCNC3)c2o1. The summed E-state index contributed by atoms with van der Waals surface area (Å²) in [6, 6.07) is 3.27. The van der Waals surface area contributed by atoms with Crippen LogP contribution in [0.25, 0.3) is 11.1 Å². The summed E-state index contributed by atoms with van der Waals surface area (Å²) in [6.07, 6.45) is 0. The van der Waals surface area contributed by atoms with Gasteiger partial charge in [-0.05, 0) is 12.1 Å². The summed E-state index contributed by atoms with van der Waals surface area (Å²) in [5.74, 6) is 0.494. The number of benzene rings is 1. The molecule has 1 aromatic heterocycles. The number of nitrogens with one attached hydrogen (secondary N) is 2. The normalized spacial score (nSPS) is 18.0. The van der Waals surface area contributed by atoms with Gasteiger partial charge >= 0.3 is 0 Å². The molecule has 1 aliphatic rings. The third-order valence-electron chi connectivity index (χ3n) is 4.05. The molecular formula is C16H22ClN3O3S. The summed E-state index contributed by atoms with van der Waals surface area (Å²) >= 11 is 6.26. The van der Waals surface area contributed by atoms with Crippen LogP contribution in [0.3, 0.4) is 0 Å². The molecule has 0 amide bonds. The number of sulfone groups is 1. The Hall–Kier alpha value is -1.15. The number of hydrogen-bond donors (Lipinski definition) is 2. The largest absolute Gasteiger partial charge is 0.439 e. The number of aromatic nitrogens is 1. The van der Waals surface area contributed by atoms with E-state index < -0.39 is 15.1 Å². The zero-order chi connectivity index (χ0) is 17.5. The standard InChI is InChI=1S/C16H22ClN3O3S/c1-16(2,3)15-20-12-5-4-11(17)14(13(12)23-15)24(21,22)10-8-18-6-7-19-9-10/h4-5,10,18-19H,6-9H2,1-3H3. The maximum atomic E-state index is 13.2. The minimum absolute atomic E-state index is 0.0418. The van der Waals surface area contributed by atoms with E-state index in [1.54, 1.807) is 12.1 Å². The molecule has 1 aliphatic heterocycles. The van der Waals surface area contributed by atoms with Gasteiger partial charge in [0, 0.05) is 31.6 Å². The Balaban J connectivity index is 2.17. The lowest BCUT2D eigenvalue weighted by atomic mass is 9.97. The van der Waals surface area contributed by atoms with E-state index in [9.17, 15) is 8.42 Å². The number of nitrogens with zero attached hydrogens (tertiary/aromatic N) is 1. The smallest absolute Gasteiger partial charge is 0.200 e. The first-order valence-corrected chi connectivity index (χ1v) is 9.88. The first-order valence-electron chi connectivity index (χ1n) is 7.96. The molecule has 0 radical (unpaired) electrons. The Morgan fingerprint density at radius 1 is 1.21 bits per heavy atom. The van der Waals surface area contributed by atoms with Gasteiger partial charge in [-0.15, -0.1) is 0 Å². The van der Waals surface area contributed by atoms with Crippen LogP contribution in [0.1, 0.15) is 26.7 Å². The quantitative estimate of drug-likeness (QED) is 0.841. The van der Waals surface area contributed by atoms with Crippen LogP contribution in [0, 0.1) is 0 Å². The van der Waals surface area contributed by atoms with E-state index in [-0.39, 0.29) is 20.9 Å². The van der Waals surface area contributed by atoms with Crippen molar-refractivity contribution in [3.05, 3.63) is 23.0 Å². The summed E-state index contributed by atoms with van der Waals surface area (Å²) < 4.78 is 32.2. The second-order valence-electron chi connectivity index (χ2n) is 7.07. The molecule has 132 valence electrons. The van der Waals surface area contributed by atoms with Crippen LogP contribution in [0.5, 0.6) is 0 Å². The number of rotatable bonds is 2. The highest BCUT2D eigenvalue weighted by atomic mass is 35.5. The predicted molar refractivity (Wildman–Crippen MR) is 94.4 cm³/mol. The third kappa shape index (κ3) is 3.18. The third-order valence-corrected chi connectivity index (χ3v) is 6.66. The van der Waals surface area contributed by atoms with Crippen LogP contribution in [0.15, 0.2) is 21.4 Å². The van der Waals surface area contributed by atoms with E-state index in [1.807, 2.05) is 20.8 Å². The second-order valence-corrected chi connectivity index (χ2v) is 9.64. The zero-order valence-electron chi connectivity index (χ0n) is 14.0. The maximum Gasteiger partial charge on any atom is 0.200 e. The zero-order valence-corrected chi connectivity index (χ0v) is 15.6. The molecule has 1 saturated heterocycles. The van der Waals surface area contributed by atoms with Crippen LogP contribution in [0.2, 0.25) is 5.02 Å². The highest BCUT2D eigenvalue weighted by Gasteiger charge is 2.34. The monoisotopic (exact) mass is 371 g/mol. The predicted octanol–water partition coefficient (Wildman–Crippen LogP) is 2.11. The van der Waals surface area contributed by atoms with Crippen molar-refractivity contribution < 1.29 is 12.8 Å². The van der Waals surface area contributed by atoms with Crippen molar-refractivity contribution in [2.45, 2.75) is 36.3 Å². The van der Waals surface area contributed by atoms with Gasteiger partial charge in [0.15, 0.2) is 15.4 Å².